The third kappa shape index (κ3) is 5.24. The van der Waals surface area contributed by atoms with Crippen LogP contribution in [0.15, 0.2) is 0 Å². The summed E-state index contributed by atoms with van der Waals surface area (Å²) in [7, 11) is 0. The van der Waals surface area contributed by atoms with E-state index in [9.17, 15) is 9.59 Å². The SMILES string of the molecule is CC(C)(CC(=O)O)C(=O)O.[H-].[Na+]. The average molecular weight is 170 g/mol. The molecule has 0 aromatic heterocycles. The molecule has 0 aliphatic carbocycles. The van der Waals surface area contributed by atoms with E-state index < -0.39 is 17.4 Å². The van der Waals surface area contributed by atoms with Gasteiger partial charge in [-0.15, -0.1) is 0 Å². The molecule has 0 spiro atoms. The molecule has 0 amide bonds. The first-order valence-electron chi connectivity index (χ1n) is 2.81. The fourth-order valence-corrected chi connectivity index (χ4v) is 0.454. The first kappa shape index (κ1) is 13.5. The molecule has 5 heteroatoms. The van der Waals surface area contributed by atoms with Gasteiger partial charge in [0.25, 0.3) is 0 Å². The van der Waals surface area contributed by atoms with Crippen molar-refractivity contribution < 1.29 is 50.8 Å². The largest absolute Gasteiger partial charge is 1.00 e. The molecular weight excluding hydrogens is 159 g/mol. The molecule has 4 nitrogen and oxygen atoms in total. The number of aliphatic carboxylic acids is 2. The predicted molar refractivity (Wildman–Crippen MR) is 34.8 cm³/mol. The maximum absolute atomic E-state index is 10.3. The number of carboxylic acids is 2. The summed E-state index contributed by atoms with van der Waals surface area (Å²) < 4.78 is 0. The van der Waals surface area contributed by atoms with Gasteiger partial charge in [-0.3, -0.25) is 9.59 Å². The van der Waals surface area contributed by atoms with Crippen LogP contribution < -0.4 is 29.6 Å². The van der Waals surface area contributed by atoms with Crippen molar-refractivity contribution >= 4 is 11.9 Å². The Kier molecular flexibility index (Phi) is 5.83. The van der Waals surface area contributed by atoms with Crippen LogP contribution in [0.25, 0.3) is 0 Å². The van der Waals surface area contributed by atoms with E-state index >= 15 is 0 Å². The van der Waals surface area contributed by atoms with E-state index in [4.69, 9.17) is 10.2 Å². The Hall–Kier alpha value is -0.0600. The van der Waals surface area contributed by atoms with Crippen molar-refractivity contribution in [1.82, 2.24) is 0 Å². The van der Waals surface area contributed by atoms with Crippen molar-refractivity contribution in [2.24, 2.45) is 5.41 Å². The molecule has 0 aliphatic rings. The molecule has 0 aliphatic heterocycles. The van der Waals surface area contributed by atoms with E-state index in [2.05, 4.69) is 0 Å². The van der Waals surface area contributed by atoms with Crippen molar-refractivity contribution in [3.8, 4) is 0 Å². The number of hydrogen-bond donors (Lipinski definition) is 2. The molecule has 0 bridgehead atoms. The third-order valence-electron chi connectivity index (χ3n) is 1.17. The van der Waals surface area contributed by atoms with Crippen LogP contribution in [0, 0.1) is 5.41 Å². The van der Waals surface area contributed by atoms with E-state index in [-0.39, 0.29) is 37.4 Å². The first-order chi connectivity index (χ1) is 4.36. The molecule has 0 radical (unpaired) electrons. The second-order valence-electron chi connectivity index (χ2n) is 2.76. The minimum atomic E-state index is -1.16. The monoisotopic (exact) mass is 170 g/mol. The van der Waals surface area contributed by atoms with Crippen LogP contribution in [0.3, 0.4) is 0 Å². The fraction of sp³-hybridized carbons (Fsp3) is 0.667. The van der Waals surface area contributed by atoms with E-state index in [1.807, 2.05) is 0 Å². The smallest absolute Gasteiger partial charge is 1.00 e. The maximum atomic E-state index is 10.3. The van der Waals surface area contributed by atoms with Crippen LogP contribution >= 0.6 is 0 Å². The molecule has 60 valence electrons. The van der Waals surface area contributed by atoms with Gasteiger partial charge in [-0.05, 0) is 13.8 Å². The Morgan fingerprint density at radius 1 is 1.36 bits per heavy atom. The van der Waals surface area contributed by atoms with Crippen LogP contribution in [0.5, 0.6) is 0 Å². The normalized spacial score (nSPS) is 10.0. The zero-order valence-electron chi connectivity index (χ0n) is 7.92. The summed E-state index contributed by atoms with van der Waals surface area (Å²) in [5.41, 5.74) is -1.16. The van der Waals surface area contributed by atoms with Gasteiger partial charge in [-0.25, -0.2) is 0 Å². The Morgan fingerprint density at radius 3 is 1.82 bits per heavy atom. The van der Waals surface area contributed by atoms with Gasteiger partial charge >= 0.3 is 41.5 Å². The average Bonchev–Trinajstić information content (AvgIpc) is 1.60. The fourth-order valence-electron chi connectivity index (χ4n) is 0.454. The third-order valence-corrected chi connectivity index (χ3v) is 1.17. The quantitative estimate of drug-likeness (QED) is 0.467. The van der Waals surface area contributed by atoms with Crippen LogP contribution in [0.4, 0.5) is 0 Å². The Morgan fingerprint density at radius 2 is 1.73 bits per heavy atom. The van der Waals surface area contributed by atoms with Crippen LogP contribution in [-0.4, -0.2) is 22.2 Å². The predicted octanol–water partition coefficient (Wildman–Crippen LogP) is -2.31. The number of carbonyl (C=O) groups is 2. The maximum Gasteiger partial charge on any atom is 1.00 e. The summed E-state index contributed by atoms with van der Waals surface area (Å²) in [6, 6.07) is 0. The molecule has 0 aromatic rings. The summed E-state index contributed by atoms with van der Waals surface area (Å²) in [5, 5.41) is 16.7. The van der Waals surface area contributed by atoms with Crippen LogP contribution in [0.1, 0.15) is 21.7 Å². The van der Waals surface area contributed by atoms with Gasteiger partial charge < -0.3 is 11.6 Å². The van der Waals surface area contributed by atoms with E-state index in [0.717, 1.165) is 0 Å². The summed E-state index contributed by atoms with van der Waals surface area (Å²) >= 11 is 0. The van der Waals surface area contributed by atoms with E-state index in [1.54, 1.807) is 0 Å². The van der Waals surface area contributed by atoms with Gasteiger partial charge in [0, 0.05) is 0 Å². The van der Waals surface area contributed by atoms with Gasteiger partial charge in [-0.1, -0.05) is 0 Å². The van der Waals surface area contributed by atoms with Crippen molar-refractivity contribution in [3.63, 3.8) is 0 Å². The summed E-state index contributed by atoms with van der Waals surface area (Å²) in [6.45, 7) is 2.76. The van der Waals surface area contributed by atoms with Crippen molar-refractivity contribution in [2.75, 3.05) is 0 Å². The molecule has 2 N–H and O–H groups in total. The number of carboxylic acid groups (broad SMARTS) is 2. The standard InChI is InChI=1S/C6H10O4.Na.H/c1-6(2,5(9)10)3-4(7)8;;/h3H2,1-2H3,(H,7,8)(H,9,10);;/q;+1;-1. The van der Waals surface area contributed by atoms with E-state index in [1.165, 1.54) is 13.8 Å². The number of rotatable bonds is 3. The van der Waals surface area contributed by atoms with Crippen LogP contribution in [-0.2, 0) is 9.59 Å². The van der Waals surface area contributed by atoms with Crippen molar-refractivity contribution in [2.45, 2.75) is 20.3 Å². The van der Waals surface area contributed by atoms with E-state index in [0.29, 0.717) is 0 Å². The minimum Gasteiger partial charge on any atom is -1.00 e. The molecule has 0 saturated carbocycles. The molecule has 11 heavy (non-hydrogen) atoms. The molecule has 0 aromatic carbocycles. The topological polar surface area (TPSA) is 74.6 Å². The first-order valence-corrected chi connectivity index (χ1v) is 2.81. The van der Waals surface area contributed by atoms with Gasteiger partial charge in [0.15, 0.2) is 0 Å². The number of hydrogen-bond acceptors (Lipinski definition) is 2. The molecule has 0 rings (SSSR count). The Bertz CT molecular complexity index is 169. The van der Waals surface area contributed by atoms with Gasteiger partial charge in [0.05, 0.1) is 11.8 Å². The molecular formula is C6H11NaO4. The summed E-state index contributed by atoms with van der Waals surface area (Å²) in [5.74, 6) is -2.18. The molecule has 0 heterocycles. The van der Waals surface area contributed by atoms with Crippen molar-refractivity contribution in [3.05, 3.63) is 0 Å². The molecule has 0 atom stereocenters. The van der Waals surface area contributed by atoms with Gasteiger partial charge in [0.2, 0.25) is 0 Å². The zero-order valence-corrected chi connectivity index (χ0v) is 8.92. The second-order valence-corrected chi connectivity index (χ2v) is 2.76. The molecule has 0 fully saturated rings. The van der Waals surface area contributed by atoms with Gasteiger partial charge in [-0.2, -0.15) is 0 Å². The molecule has 0 saturated heterocycles. The van der Waals surface area contributed by atoms with Crippen molar-refractivity contribution in [1.29, 1.82) is 0 Å². The summed E-state index contributed by atoms with van der Waals surface area (Å²) in [6.07, 6.45) is -0.345. The molecule has 0 unspecified atom stereocenters. The van der Waals surface area contributed by atoms with Gasteiger partial charge in [0.1, 0.15) is 0 Å². The minimum absolute atomic E-state index is 0. The Balaban J connectivity index is -0.000000405. The second kappa shape index (κ2) is 4.74. The Labute approximate surface area is 88.4 Å². The summed E-state index contributed by atoms with van der Waals surface area (Å²) in [4.78, 5) is 20.3. The zero-order chi connectivity index (χ0) is 8.36. The van der Waals surface area contributed by atoms with Crippen LogP contribution in [0.2, 0.25) is 0 Å².